The van der Waals surface area contributed by atoms with Gasteiger partial charge < -0.3 is 4.57 Å². The molecule has 0 aliphatic rings. The van der Waals surface area contributed by atoms with Crippen molar-refractivity contribution in [2.75, 3.05) is 0 Å². The quantitative estimate of drug-likeness (QED) is 0.356. The maximum Gasteiger partial charge on any atom is 0.337 e. The molecule has 8 heteroatoms. The monoisotopic (exact) mass is 468 g/mol. The van der Waals surface area contributed by atoms with Gasteiger partial charge in [0, 0.05) is 5.56 Å². The maximum atomic E-state index is 13.6. The Kier molecular flexibility index (Phi) is 5.70. The van der Waals surface area contributed by atoms with Crippen LogP contribution in [-0.2, 0) is 13.1 Å². The molecule has 7 nitrogen and oxygen atoms in total. The zero-order chi connectivity index (χ0) is 24.5. The van der Waals surface area contributed by atoms with Crippen molar-refractivity contribution in [1.29, 1.82) is 0 Å². The Morgan fingerprint density at radius 3 is 2.29 bits per heavy atom. The van der Waals surface area contributed by atoms with Crippen molar-refractivity contribution >= 4 is 16.9 Å². The first kappa shape index (κ1) is 22.2. The Labute approximate surface area is 199 Å². The zero-order valence-electron chi connectivity index (χ0n) is 18.9. The van der Waals surface area contributed by atoms with Crippen LogP contribution in [0.1, 0.15) is 21.5 Å². The predicted molar refractivity (Wildman–Crippen MR) is 131 cm³/mol. The van der Waals surface area contributed by atoms with Gasteiger partial charge in [0.15, 0.2) is 16.9 Å². The summed E-state index contributed by atoms with van der Waals surface area (Å²) in [7, 11) is 0. The van der Waals surface area contributed by atoms with Crippen LogP contribution in [0.25, 0.3) is 16.9 Å². The number of halogens is 1. The molecular formula is C27H21FN4O3. The normalized spacial score (nSPS) is 11.1. The number of aryl methyl sites for hydroxylation is 1. The van der Waals surface area contributed by atoms with Crippen LogP contribution in [-0.4, -0.2) is 24.5 Å². The number of aromatic nitrogens is 4. The van der Waals surface area contributed by atoms with Gasteiger partial charge in [0.1, 0.15) is 5.82 Å². The second kappa shape index (κ2) is 8.98. The fourth-order valence-electron chi connectivity index (χ4n) is 4.01. The molecule has 5 aromatic rings. The number of Topliss-reactive ketones (excluding diaryl/α,β-unsaturated/α-hetero) is 1. The molecule has 5 rings (SSSR count). The lowest BCUT2D eigenvalue weighted by Crippen LogP contribution is -2.40. The molecule has 0 amide bonds. The Balaban J connectivity index is 1.70. The summed E-state index contributed by atoms with van der Waals surface area (Å²) in [5.41, 5.74) is 1.72. The van der Waals surface area contributed by atoms with Crippen molar-refractivity contribution in [3.8, 4) is 5.69 Å². The van der Waals surface area contributed by atoms with Gasteiger partial charge in [-0.1, -0.05) is 60.2 Å². The lowest BCUT2D eigenvalue weighted by molar-refractivity contribution is 0.0973. The molecule has 0 bridgehead atoms. The van der Waals surface area contributed by atoms with E-state index >= 15 is 0 Å². The van der Waals surface area contributed by atoms with Gasteiger partial charge in [-0.25, -0.2) is 18.7 Å². The highest BCUT2D eigenvalue weighted by Crippen LogP contribution is 2.15. The molecule has 174 valence electrons. The van der Waals surface area contributed by atoms with E-state index < -0.39 is 17.1 Å². The topological polar surface area (TPSA) is 78.9 Å². The predicted octanol–water partition coefficient (Wildman–Crippen LogP) is 3.73. The standard InChI is InChI=1S/C27H21FN4O3/c1-18-7-9-20(10-8-18)23(33)16-30-17-29-25-24(30)26(34)31(15-19-5-3-2-4-6-19)27(35)32(25)22-13-11-21(28)12-14-22/h2-14,17H,15-16H2,1H3. The largest absolute Gasteiger partial charge is 0.337 e. The van der Waals surface area contributed by atoms with Crippen molar-refractivity contribution in [3.63, 3.8) is 0 Å². The molecule has 0 N–H and O–H groups in total. The molecule has 0 fully saturated rings. The van der Waals surface area contributed by atoms with E-state index in [9.17, 15) is 18.8 Å². The van der Waals surface area contributed by atoms with Crippen LogP contribution >= 0.6 is 0 Å². The third-order valence-corrected chi connectivity index (χ3v) is 5.86. The van der Waals surface area contributed by atoms with Crippen LogP contribution in [0.5, 0.6) is 0 Å². The van der Waals surface area contributed by atoms with E-state index in [0.29, 0.717) is 11.3 Å². The first-order valence-electron chi connectivity index (χ1n) is 11.0. The van der Waals surface area contributed by atoms with Gasteiger partial charge in [0.25, 0.3) is 5.56 Å². The maximum absolute atomic E-state index is 13.6. The van der Waals surface area contributed by atoms with Crippen molar-refractivity contribution in [2.45, 2.75) is 20.0 Å². The van der Waals surface area contributed by atoms with Crippen LogP contribution in [0.2, 0.25) is 0 Å². The smallest absolute Gasteiger partial charge is 0.317 e. The average Bonchev–Trinajstić information content (AvgIpc) is 3.27. The molecule has 2 heterocycles. The van der Waals surface area contributed by atoms with Gasteiger partial charge in [0.05, 0.1) is 25.1 Å². The highest BCUT2D eigenvalue weighted by atomic mass is 19.1. The Morgan fingerprint density at radius 2 is 1.60 bits per heavy atom. The minimum Gasteiger partial charge on any atom is -0.317 e. The lowest BCUT2D eigenvalue weighted by atomic mass is 10.1. The second-order valence-electron chi connectivity index (χ2n) is 8.31. The number of hydrogen-bond acceptors (Lipinski definition) is 4. The van der Waals surface area contributed by atoms with Crippen LogP contribution in [0.15, 0.2) is 94.8 Å². The molecule has 35 heavy (non-hydrogen) atoms. The highest BCUT2D eigenvalue weighted by Gasteiger charge is 2.21. The molecule has 0 saturated heterocycles. The number of benzene rings is 3. The second-order valence-corrected chi connectivity index (χ2v) is 8.31. The highest BCUT2D eigenvalue weighted by molar-refractivity contribution is 5.96. The van der Waals surface area contributed by atoms with Crippen molar-refractivity contribution in [2.24, 2.45) is 0 Å². The molecule has 0 spiro atoms. The van der Waals surface area contributed by atoms with Crippen molar-refractivity contribution < 1.29 is 9.18 Å². The first-order valence-corrected chi connectivity index (χ1v) is 11.0. The van der Waals surface area contributed by atoms with Crippen molar-refractivity contribution in [1.82, 2.24) is 18.7 Å². The molecule has 0 aliphatic carbocycles. The summed E-state index contributed by atoms with van der Waals surface area (Å²) in [4.78, 5) is 44.3. The molecule has 0 unspecified atom stereocenters. The number of rotatable bonds is 6. The minimum atomic E-state index is -0.604. The molecule has 0 aliphatic heterocycles. The van der Waals surface area contributed by atoms with Crippen LogP contribution in [0.3, 0.4) is 0 Å². The molecule has 0 saturated carbocycles. The van der Waals surface area contributed by atoms with Crippen LogP contribution in [0, 0.1) is 12.7 Å². The van der Waals surface area contributed by atoms with Gasteiger partial charge in [-0.05, 0) is 36.8 Å². The van der Waals surface area contributed by atoms with Crippen LogP contribution in [0.4, 0.5) is 4.39 Å². The number of hydrogen-bond donors (Lipinski definition) is 0. The molecule has 2 aromatic heterocycles. The number of ketones is 1. The van der Waals surface area contributed by atoms with E-state index in [0.717, 1.165) is 15.7 Å². The van der Waals surface area contributed by atoms with E-state index in [2.05, 4.69) is 4.98 Å². The number of nitrogens with zero attached hydrogens (tertiary/aromatic N) is 4. The number of fused-ring (bicyclic) bond motifs is 1. The average molecular weight is 468 g/mol. The SMILES string of the molecule is Cc1ccc(C(=O)Cn2cnc3c2c(=O)n(Cc2ccccc2)c(=O)n3-c2ccc(F)cc2)cc1. The van der Waals surface area contributed by atoms with Crippen LogP contribution < -0.4 is 11.2 Å². The van der Waals surface area contributed by atoms with E-state index in [-0.39, 0.29) is 30.0 Å². The summed E-state index contributed by atoms with van der Waals surface area (Å²) < 4.78 is 17.4. The molecule has 0 radical (unpaired) electrons. The third-order valence-electron chi connectivity index (χ3n) is 5.86. The zero-order valence-corrected chi connectivity index (χ0v) is 18.9. The minimum absolute atomic E-state index is 0.0345. The summed E-state index contributed by atoms with van der Waals surface area (Å²) in [6.07, 6.45) is 1.38. The van der Waals surface area contributed by atoms with Gasteiger partial charge in [-0.15, -0.1) is 0 Å². The third kappa shape index (κ3) is 4.21. The van der Waals surface area contributed by atoms with E-state index in [4.69, 9.17) is 0 Å². The fourth-order valence-corrected chi connectivity index (χ4v) is 4.01. The molecule has 3 aromatic carbocycles. The number of carbonyl (C=O) groups is 1. The molecular weight excluding hydrogens is 447 g/mol. The fraction of sp³-hybridized carbons (Fsp3) is 0.111. The first-order chi connectivity index (χ1) is 16.9. The summed E-state index contributed by atoms with van der Waals surface area (Å²) in [5, 5.41) is 0. The van der Waals surface area contributed by atoms with Gasteiger partial charge in [0.2, 0.25) is 0 Å². The van der Waals surface area contributed by atoms with E-state index in [1.54, 1.807) is 12.1 Å². The Hall–Kier alpha value is -4.59. The Bertz CT molecular complexity index is 1650. The number of imidazole rings is 1. The summed E-state index contributed by atoms with van der Waals surface area (Å²) in [5.74, 6) is -0.650. The Morgan fingerprint density at radius 1 is 0.914 bits per heavy atom. The van der Waals surface area contributed by atoms with Gasteiger partial charge in [-0.3, -0.25) is 14.2 Å². The summed E-state index contributed by atoms with van der Waals surface area (Å²) >= 11 is 0. The molecule has 0 atom stereocenters. The van der Waals surface area contributed by atoms with Gasteiger partial charge in [-0.2, -0.15) is 0 Å². The lowest BCUT2D eigenvalue weighted by Gasteiger charge is -2.13. The van der Waals surface area contributed by atoms with E-state index in [1.165, 1.54) is 39.7 Å². The summed E-state index contributed by atoms with van der Waals surface area (Å²) in [6.45, 7) is 1.84. The van der Waals surface area contributed by atoms with Crippen molar-refractivity contribution in [3.05, 3.63) is 129 Å². The number of carbonyl (C=O) groups excluding carboxylic acids is 1. The summed E-state index contributed by atoms with van der Waals surface area (Å²) in [6, 6.07) is 21.6. The van der Waals surface area contributed by atoms with E-state index in [1.807, 2.05) is 49.4 Å². The van der Waals surface area contributed by atoms with Gasteiger partial charge >= 0.3 is 5.69 Å².